The summed E-state index contributed by atoms with van der Waals surface area (Å²) >= 11 is 1.29. The number of aromatic nitrogens is 2. The number of carbonyl (C=O) groups excluding carboxylic acids is 2. The highest BCUT2D eigenvalue weighted by molar-refractivity contribution is 7.18. The first-order valence-electron chi connectivity index (χ1n) is 9.06. The maximum Gasteiger partial charge on any atom is 0.249 e. The number of nitrogens with one attached hydrogen (secondary N) is 2. The predicted octanol–water partition coefficient (Wildman–Crippen LogP) is 3.48. The number of nitrogens with zero attached hydrogens (tertiary/aromatic N) is 2. The number of rotatable bonds is 9. The minimum Gasteiger partial charge on any atom is -0.497 e. The van der Waals surface area contributed by atoms with E-state index in [9.17, 15) is 9.59 Å². The van der Waals surface area contributed by atoms with Crippen molar-refractivity contribution >= 4 is 28.3 Å². The standard InChI is InChI=1S/C19H26N4O3S/c1-5-7-15(24)20-16(12(3)6-2)17(25)21-19-23-22-18(27-19)13-8-10-14(26-4)11-9-13/h8-12,16H,5-7H2,1-4H3,(H,20,24)(H,21,23,25)/t12-,16-/m0/s1. The SMILES string of the molecule is CCCC(=O)N[C@H](C(=O)Nc1nnc(-c2ccc(OC)cc2)s1)[C@@H](C)CC. The maximum atomic E-state index is 12.7. The quantitative estimate of drug-likeness (QED) is 0.684. The maximum absolute atomic E-state index is 12.7. The lowest BCUT2D eigenvalue weighted by Crippen LogP contribution is -2.47. The summed E-state index contributed by atoms with van der Waals surface area (Å²) < 4.78 is 5.15. The van der Waals surface area contributed by atoms with Gasteiger partial charge in [-0.05, 0) is 36.6 Å². The van der Waals surface area contributed by atoms with Crippen LogP contribution >= 0.6 is 11.3 Å². The Morgan fingerprint density at radius 3 is 2.48 bits per heavy atom. The monoisotopic (exact) mass is 390 g/mol. The molecule has 0 radical (unpaired) electrons. The predicted molar refractivity (Wildman–Crippen MR) is 107 cm³/mol. The average molecular weight is 391 g/mol. The van der Waals surface area contributed by atoms with E-state index in [2.05, 4.69) is 20.8 Å². The first kappa shape index (κ1) is 20.8. The van der Waals surface area contributed by atoms with Crippen molar-refractivity contribution in [2.75, 3.05) is 12.4 Å². The number of methoxy groups -OCH3 is 1. The highest BCUT2D eigenvalue weighted by Gasteiger charge is 2.26. The molecule has 0 saturated heterocycles. The third-order valence-electron chi connectivity index (χ3n) is 4.28. The van der Waals surface area contributed by atoms with E-state index in [0.717, 1.165) is 24.2 Å². The summed E-state index contributed by atoms with van der Waals surface area (Å²) in [5.41, 5.74) is 0.892. The summed E-state index contributed by atoms with van der Waals surface area (Å²) in [7, 11) is 1.61. The third-order valence-corrected chi connectivity index (χ3v) is 5.17. The van der Waals surface area contributed by atoms with Crippen molar-refractivity contribution in [1.29, 1.82) is 0 Å². The molecule has 2 N–H and O–H groups in total. The lowest BCUT2D eigenvalue weighted by atomic mass is 9.98. The average Bonchev–Trinajstić information content (AvgIpc) is 3.14. The van der Waals surface area contributed by atoms with Gasteiger partial charge >= 0.3 is 0 Å². The van der Waals surface area contributed by atoms with Gasteiger partial charge in [0.05, 0.1) is 7.11 Å². The summed E-state index contributed by atoms with van der Waals surface area (Å²) in [4.78, 5) is 24.6. The summed E-state index contributed by atoms with van der Waals surface area (Å²) in [6.07, 6.45) is 1.92. The summed E-state index contributed by atoms with van der Waals surface area (Å²) in [5, 5.41) is 14.9. The number of hydrogen-bond acceptors (Lipinski definition) is 6. The number of ether oxygens (including phenoxy) is 1. The Labute approximate surface area is 163 Å². The van der Waals surface area contributed by atoms with Crippen LogP contribution in [0.3, 0.4) is 0 Å². The second kappa shape index (κ2) is 10.0. The fourth-order valence-electron chi connectivity index (χ4n) is 2.48. The molecule has 2 amide bonds. The molecule has 0 bridgehead atoms. The first-order chi connectivity index (χ1) is 13.0. The molecular formula is C19H26N4O3S. The van der Waals surface area contributed by atoms with Crippen molar-refractivity contribution in [3.63, 3.8) is 0 Å². The molecule has 0 unspecified atom stereocenters. The van der Waals surface area contributed by atoms with E-state index >= 15 is 0 Å². The molecule has 2 rings (SSSR count). The van der Waals surface area contributed by atoms with Gasteiger partial charge in [0, 0.05) is 12.0 Å². The Balaban J connectivity index is 2.08. The Bertz CT molecular complexity index is 761. The van der Waals surface area contributed by atoms with Gasteiger partial charge < -0.3 is 10.1 Å². The van der Waals surface area contributed by atoms with Gasteiger partial charge in [-0.1, -0.05) is 38.5 Å². The first-order valence-corrected chi connectivity index (χ1v) is 9.88. The van der Waals surface area contributed by atoms with Crippen LogP contribution in [-0.2, 0) is 9.59 Å². The zero-order chi connectivity index (χ0) is 19.8. The van der Waals surface area contributed by atoms with Crippen LogP contribution in [0.15, 0.2) is 24.3 Å². The van der Waals surface area contributed by atoms with Crippen molar-refractivity contribution in [3.8, 4) is 16.3 Å². The lowest BCUT2D eigenvalue weighted by Gasteiger charge is -2.22. The second-order valence-corrected chi connectivity index (χ2v) is 7.29. The molecule has 8 heteroatoms. The zero-order valence-corrected chi connectivity index (χ0v) is 16.9. The van der Waals surface area contributed by atoms with E-state index in [-0.39, 0.29) is 17.7 Å². The normalized spacial score (nSPS) is 12.9. The molecule has 2 aromatic rings. The molecule has 1 aromatic carbocycles. The molecule has 0 spiro atoms. The number of anilines is 1. The number of hydrogen-bond donors (Lipinski definition) is 2. The lowest BCUT2D eigenvalue weighted by molar-refractivity contribution is -0.127. The van der Waals surface area contributed by atoms with E-state index < -0.39 is 6.04 Å². The minimum atomic E-state index is -0.595. The third kappa shape index (κ3) is 5.75. The van der Waals surface area contributed by atoms with Crippen LogP contribution in [-0.4, -0.2) is 35.2 Å². The van der Waals surface area contributed by atoms with Crippen molar-refractivity contribution in [1.82, 2.24) is 15.5 Å². The van der Waals surface area contributed by atoms with Crippen molar-refractivity contribution < 1.29 is 14.3 Å². The van der Waals surface area contributed by atoms with E-state index in [1.54, 1.807) is 7.11 Å². The van der Waals surface area contributed by atoms with Crippen molar-refractivity contribution in [2.24, 2.45) is 5.92 Å². The van der Waals surface area contributed by atoms with Crippen LogP contribution in [0.4, 0.5) is 5.13 Å². The second-order valence-electron chi connectivity index (χ2n) is 6.31. The Hall–Kier alpha value is -2.48. The summed E-state index contributed by atoms with van der Waals surface area (Å²) in [5.74, 6) is 0.385. The molecule has 146 valence electrons. The summed E-state index contributed by atoms with van der Waals surface area (Å²) in [6.45, 7) is 5.86. The highest BCUT2D eigenvalue weighted by atomic mass is 32.1. The molecular weight excluding hydrogens is 364 g/mol. The largest absolute Gasteiger partial charge is 0.497 e. The van der Waals surface area contributed by atoms with Gasteiger partial charge in [0.1, 0.15) is 16.8 Å². The topological polar surface area (TPSA) is 93.2 Å². The zero-order valence-electron chi connectivity index (χ0n) is 16.1. The molecule has 0 fully saturated rings. The smallest absolute Gasteiger partial charge is 0.249 e. The van der Waals surface area contributed by atoms with Gasteiger partial charge in [-0.3, -0.25) is 14.9 Å². The van der Waals surface area contributed by atoms with Gasteiger partial charge in [0.25, 0.3) is 0 Å². The van der Waals surface area contributed by atoms with Gasteiger partial charge in [0.15, 0.2) is 0 Å². The Kier molecular flexibility index (Phi) is 7.72. The number of benzene rings is 1. The molecule has 0 saturated carbocycles. The molecule has 0 aliphatic rings. The van der Waals surface area contributed by atoms with Crippen LogP contribution in [0.5, 0.6) is 5.75 Å². The van der Waals surface area contributed by atoms with Crippen molar-refractivity contribution in [2.45, 2.75) is 46.1 Å². The fraction of sp³-hybridized carbons (Fsp3) is 0.474. The van der Waals surface area contributed by atoms with E-state index in [1.807, 2.05) is 45.0 Å². The van der Waals surface area contributed by atoms with E-state index in [0.29, 0.717) is 16.6 Å². The molecule has 7 nitrogen and oxygen atoms in total. The van der Waals surface area contributed by atoms with Gasteiger partial charge in [-0.2, -0.15) is 0 Å². The van der Waals surface area contributed by atoms with Crippen LogP contribution in [0.1, 0.15) is 40.0 Å². The van der Waals surface area contributed by atoms with Gasteiger partial charge in [-0.25, -0.2) is 0 Å². The number of amides is 2. The molecule has 1 heterocycles. The van der Waals surface area contributed by atoms with Gasteiger partial charge in [-0.15, -0.1) is 10.2 Å². The van der Waals surface area contributed by atoms with Gasteiger partial charge in [0.2, 0.25) is 16.9 Å². The Morgan fingerprint density at radius 2 is 1.89 bits per heavy atom. The van der Waals surface area contributed by atoms with Crippen LogP contribution in [0, 0.1) is 5.92 Å². The molecule has 2 atom stereocenters. The fourth-order valence-corrected chi connectivity index (χ4v) is 3.23. The van der Waals surface area contributed by atoms with Crippen molar-refractivity contribution in [3.05, 3.63) is 24.3 Å². The van der Waals surface area contributed by atoms with E-state index in [1.165, 1.54) is 11.3 Å². The molecule has 0 aliphatic carbocycles. The molecule has 27 heavy (non-hydrogen) atoms. The minimum absolute atomic E-state index is 0.0137. The number of carbonyl (C=O) groups is 2. The molecule has 0 aliphatic heterocycles. The molecule has 1 aromatic heterocycles. The van der Waals surface area contributed by atoms with E-state index in [4.69, 9.17) is 4.74 Å². The van der Waals surface area contributed by atoms with Crippen LogP contribution < -0.4 is 15.4 Å². The van der Waals surface area contributed by atoms with Crippen LogP contribution in [0.25, 0.3) is 10.6 Å². The summed E-state index contributed by atoms with van der Waals surface area (Å²) in [6, 6.07) is 6.87. The van der Waals surface area contributed by atoms with Crippen LogP contribution in [0.2, 0.25) is 0 Å². The Morgan fingerprint density at radius 1 is 1.19 bits per heavy atom. The highest BCUT2D eigenvalue weighted by Crippen LogP contribution is 2.28.